The van der Waals surface area contributed by atoms with Gasteiger partial charge in [-0.15, -0.1) is 0 Å². The minimum atomic E-state index is -3.91. The highest BCUT2D eigenvalue weighted by molar-refractivity contribution is 7.89. The molecule has 12 nitrogen and oxygen atoms in total. The van der Waals surface area contributed by atoms with Crippen LogP contribution in [0.4, 0.5) is 4.79 Å². The number of nitrogens with one attached hydrogen (secondary N) is 2. The SMILES string of the molecule is CCOC(=O)C1=C(CN2CCN(S(=O)(=O)c3ccc(C(N)=O)o3)CC2)NC(=O)NC1C. The second-order valence-corrected chi connectivity index (χ2v) is 8.96. The molecule has 3 heterocycles. The molecule has 3 rings (SSSR count). The summed E-state index contributed by atoms with van der Waals surface area (Å²) in [6.45, 7) is 4.91. The van der Waals surface area contributed by atoms with Gasteiger partial charge in [0, 0.05) is 38.4 Å². The van der Waals surface area contributed by atoms with Crippen LogP contribution < -0.4 is 16.4 Å². The average molecular weight is 455 g/mol. The number of ether oxygens (including phenoxy) is 1. The number of nitrogens with zero attached hydrogens (tertiary/aromatic N) is 2. The van der Waals surface area contributed by atoms with Gasteiger partial charge in [0.1, 0.15) is 0 Å². The van der Waals surface area contributed by atoms with Crippen molar-refractivity contribution in [3.8, 4) is 0 Å². The summed E-state index contributed by atoms with van der Waals surface area (Å²) in [6, 6.07) is 1.49. The maximum absolute atomic E-state index is 12.7. The fourth-order valence-corrected chi connectivity index (χ4v) is 4.81. The number of hydrogen-bond donors (Lipinski definition) is 3. The number of furan rings is 1. The van der Waals surface area contributed by atoms with Crippen LogP contribution in [-0.2, 0) is 19.6 Å². The zero-order valence-electron chi connectivity index (χ0n) is 17.2. The number of hydrogen-bond acceptors (Lipinski definition) is 8. The van der Waals surface area contributed by atoms with E-state index in [1.165, 1.54) is 16.4 Å². The minimum absolute atomic E-state index is 0.165. The van der Waals surface area contributed by atoms with Gasteiger partial charge in [-0.1, -0.05) is 0 Å². The highest BCUT2D eigenvalue weighted by Gasteiger charge is 2.34. The molecule has 170 valence electrons. The van der Waals surface area contributed by atoms with Crippen molar-refractivity contribution in [2.24, 2.45) is 5.73 Å². The van der Waals surface area contributed by atoms with Crippen LogP contribution in [0.5, 0.6) is 0 Å². The van der Waals surface area contributed by atoms with Crippen LogP contribution in [0, 0.1) is 0 Å². The van der Waals surface area contributed by atoms with E-state index in [2.05, 4.69) is 10.6 Å². The van der Waals surface area contributed by atoms with Crippen molar-refractivity contribution in [1.29, 1.82) is 0 Å². The average Bonchev–Trinajstić information content (AvgIpc) is 3.19. The Labute approximate surface area is 179 Å². The number of nitrogens with two attached hydrogens (primary N) is 1. The van der Waals surface area contributed by atoms with Crippen molar-refractivity contribution < 1.29 is 32.0 Å². The molecule has 1 aromatic heterocycles. The van der Waals surface area contributed by atoms with E-state index in [0.29, 0.717) is 24.4 Å². The molecule has 2 aliphatic heterocycles. The van der Waals surface area contributed by atoms with E-state index < -0.39 is 34.0 Å². The number of urea groups is 1. The molecule has 2 aliphatic rings. The lowest BCUT2D eigenvalue weighted by Crippen LogP contribution is -2.53. The molecule has 0 bridgehead atoms. The van der Waals surface area contributed by atoms with Gasteiger partial charge in [0.05, 0.1) is 18.2 Å². The lowest BCUT2D eigenvalue weighted by molar-refractivity contribution is -0.139. The molecule has 1 atom stereocenters. The van der Waals surface area contributed by atoms with E-state index in [1.54, 1.807) is 13.8 Å². The second kappa shape index (κ2) is 9.08. The third kappa shape index (κ3) is 4.89. The Bertz CT molecular complexity index is 1010. The first-order chi connectivity index (χ1) is 14.6. The molecule has 1 aromatic rings. The zero-order valence-corrected chi connectivity index (χ0v) is 18.0. The first-order valence-electron chi connectivity index (χ1n) is 9.73. The van der Waals surface area contributed by atoms with E-state index in [0.717, 1.165) is 0 Å². The topological polar surface area (TPSA) is 164 Å². The minimum Gasteiger partial charge on any atom is -0.463 e. The predicted molar refractivity (Wildman–Crippen MR) is 107 cm³/mol. The van der Waals surface area contributed by atoms with Crippen molar-refractivity contribution in [3.05, 3.63) is 29.2 Å². The summed E-state index contributed by atoms with van der Waals surface area (Å²) in [5, 5.41) is 4.95. The number of carbonyl (C=O) groups excluding carboxylic acids is 3. The number of amides is 3. The number of esters is 1. The highest BCUT2D eigenvalue weighted by Crippen LogP contribution is 2.21. The van der Waals surface area contributed by atoms with Gasteiger partial charge in [-0.3, -0.25) is 9.69 Å². The van der Waals surface area contributed by atoms with E-state index in [4.69, 9.17) is 14.9 Å². The van der Waals surface area contributed by atoms with Crippen LogP contribution in [-0.4, -0.2) is 80.9 Å². The van der Waals surface area contributed by atoms with Gasteiger partial charge in [-0.2, -0.15) is 4.31 Å². The van der Waals surface area contributed by atoms with E-state index in [1.807, 2.05) is 4.90 Å². The van der Waals surface area contributed by atoms with Crippen LogP contribution in [0.15, 0.2) is 32.9 Å². The molecule has 0 spiro atoms. The fraction of sp³-hybridized carbons (Fsp3) is 0.500. The third-order valence-corrected chi connectivity index (χ3v) is 6.77. The van der Waals surface area contributed by atoms with Crippen molar-refractivity contribution in [3.63, 3.8) is 0 Å². The quantitative estimate of drug-likeness (QED) is 0.450. The number of primary amides is 1. The first kappa shape index (κ1) is 22.8. The van der Waals surface area contributed by atoms with Gasteiger partial charge in [0.25, 0.3) is 15.9 Å². The monoisotopic (exact) mass is 455 g/mol. The lowest BCUT2D eigenvalue weighted by atomic mass is 10.0. The molecule has 0 aliphatic carbocycles. The Balaban J connectivity index is 1.69. The Morgan fingerprint density at radius 2 is 1.94 bits per heavy atom. The van der Waals surface area contributed by atoms with Gasteiger partial charge in [-0.25, -0.2) is 18.0 Å². The summed E-state index contributed by atoms with van der Waals surface area (Å²) >= 11 is 0. The van der Waals surface area contributed by atoms with E-state index in [-0.39, 0.29) is 37.1 Å². The smallest absolute Gasteiger partial charge is 0.337 e. The molecule has 31 heavy (non-hydrogen) atoms. The van der Waals surface area contributed by atoms with Crippen LogP contribution >= 0.6 is 0 Å². The van der Waals surface area contributed by atoms with E-state index >= 15 is 0 Å². The molecular weight excluding hydrogens is 430 g/mol. The van der Waals surface area contributed by atoms with Gasteiger partial charge in [0.15, 0.2) is 5.76 Å². The lowest BCUT2D eigenvalue weighted by Gasteiger charge is -2.35. The molecule has 1 unspecified atom stereocenters. The molecule has 0 aromatic carbocycles. The van der Waals surface area contributed by atoms with Crippen LogP contribution in [0.1, 0.15) is 24.4 Å². The third-order valence-electron chi connectivity index (χ3n) is 5.00. The van der Waals surface area contributed by atoms with Crippen molar-refractivity contribution >= 4 is 27.9 Å². The zero-order chi connectivity index (χ0) is 22.8. The maximum Gasteiger partial charge on any atom is 0.337 e. The summed E-state index contributed by atoms with van der Waals surface area (Å²) in [5.41, 5.74) is 5.88. The first-order valence-corrected chi connectivity index (χ1v) is 11.2. The van der Waals surface area contributed by atoms with Crippen molar-refractivity contribution in [2.75, 3.05) is 39.3 Å². The summed E-state index contributed by atoms with van der Waals surface area (Å²) < 4.78 is 36.9. The molecule has 1 saturated heterocycles. The van der Waals surface area contributed by atoms with Gasteiger partial charge in [0.2, 0.25) is 5.09 Å². The highest BCUT2D eigenvalue weighted by atomic mass is 32.2. The summed E-state index contributed by atoms with van der Waals surface area (Å²) in [7, 11) is -3.91. The molecule has 0 radical (unpaired) electrons. The standard InChI is InChI=1S/C18H25N5O7S/c1-3-29-17(25)15-11(2)20-18(26)21-12(15)10-22-6-8-23(9-7-22)31(27,28)14-5-4-13(30-14)16(19)24/h4-5,11H,3,6-10H2,1-2H3,(H2,19,24)(H2,20,21,26). The van der Waals surface area contributed by atoms with Gasteiger partial charge >= 0.3 is 12.0 Å². The van der Waals surface area contributed by atoms with Gasteiger partial charge in [-0.05, 0) is 26.0 Å². The number of sulfonamides is 1. The summed E-state index contributed by atoms with van der Waals surface area (Å²) in [5.74, 6) is -1.59. The molecule has 13 heteroatoms. The largest absolute Gasteiger partial charge is 0.463 e. The Morgan fingerprint density at radius 1 is 1.26 bits per heavy atom. The second-order valence-electron chi connectivity index (χ2n) is 7.10. The Hall–Kier alpha value is -2.90. The van der Waals surface area contributed by atoms with Crippen molar-refractivity contribution in [1.82, 2.24) is 19.8 Å². The summed E-state index contributed by atoms with van der Waals surface area (Å²) in [4.78, 5) is 37.3. The van der Waals surface area contributed by atoms with Crippen LogP contribution in [0.25, 0.3) is 0 Å². The Kier molecular flexibility index (Phi) is 6.67. The van der Waals surface area contributed by atoms with Gasteiger partial charge < -0.3 is 25.5 Å². The van der Waals surface area contributed by atoms with Crippen LogP contribution in [0.3, 0.4) is 0 Å². The van der Waals surface area contributed by atoms with Crippen molar-refractivity contribution in [2.45, 2.75) is 25.0 Å². The Morgan fingerprint density at radius 3 is 2.52 bits per heavy atom. The molecular formula is C18H25N5O7S. The predicted octanol–water partition coefficient (Wildman–Crippen LogP) is -0.797. The number of carbonyl (C=O) groups is 3. The fourth-order valence-electron chi connectivity index (χ4n) is 3.47. The molecule has 1 fully saturated rings. The maximum atomic E-state index is 12.7. The molecule has 4 N–H and O–H groups in total. The summed E-state index contributed by atoms with van der Waals surface area (Å²) in [6.07, 6.45) is 0. The normalized spacial score (nSPS) is 20.8. The van der Waals surface area contributed by atoms with Crippen LogP contribution in [0.2, 0.25) is 0 Å². The van der Waals surface area contributed by atoms with E-state index in [9.17, 15) is 22.8 Å². The molecule has 3 amide bonds. The number of rotatable bonds is 7. The molecule has 0 saturated carbocycles. The number of piperazine rings is 1.